The van der Waals surface area contributed by atoms with Gasteiger partial charge in [0, 0.05) is 23.3 Å². The number of nitrogens with zero attached hydrogens (tertiary/aromatic N) is 1. The lowest BCUT2D eigenvalue weighted by Crippen LogP contribution is -2.01. The number of pyridine rings is 1. The minimum absolute atomic E-state index is 0.222. The van der Waals surface area contributed by atoms with E-state index in [9.17, 15) is 4.39 Å². The third-order valence-electron chi connectivity index (χ3n) is 3.26. The van der Waals surface area contributed by atoms with Crippen LogP contribution in [0.15, 0.2) is 54.6 Å². The maximum Gasteiger partial charge on any atom is 0.123 e. The Labute approximate surface area is 117 Å². The Bertz CT molecular complexity index is 736. The van der Waals surface area contributed by atoms with Crippen LogP contribution in [-0.4, -0.2) is 4.98 Å². The molecule has 1 aromatic heterocycles. The average Bonchev–Trinajstić information content (AvgIpc) is 2.46. The van der Waals surface area contributed by atoms with Gasteiger partial charge in [-0.2, -0.15) is 0 Å². The van der Waals surface area contributed by atoms with Crippen molar-refractivity contribution in [3.05, 3.63) is 71.7 Å². The third kappa shape index (κ3) is 2.62. The predicted octanol–water partition coefficient (Wildman–Crippen LogP) is 4.29. The molecule has 0 atom stereocenters. The second-order valence-corrected chi connectivity index (χ2v) is 4.80. The van der Waals surface area contributed by atoms with E-state index in [1.54, 1.807) is 12.1 Å². The number of hydrogen-bond donors (Lipinski definition) is 1. The third-order valence-corrected chi connectivity index (χ3v) is 3.26. The molecule has 0 saturated heterocycles. The molecule has 0 amide bonds. The van der Waals surface area contributed by atoms with Gasteiger partial charge in [-0.3, -0.25) is 4.98 Å². The zero-order valence-electron chi connectivity index (χ0n) is 11.2. The van der Waals surface area contributed by atoms with Gasteiger partial charge in [-0.05, 0) is 48.9 Å². The summed E-state index contributed by atoms with van der Waals surface area (Å²) in [6.07, 6.45) is 0. The van der Waals surface area contributed by atoms with E-state index < -0.39 is 0 Å². The minimum Gasteiger partial charge on any atom is -0.381 e. The number of para-hydroxylation sites is 1. The smallest absolute Gasteiger partial charge is 0.123 e. The molecule has 0 aliphatic carbocycles. The van der Waals surface area contributed by atoms with Crippen LogP contribution in [0.1, 0.15) is 11.3 Å². The van der Waals surface area contributed by atoms with Crippen molar-refractivity contribution < 1.29 is 4.39 Å². The molecule has 3 heteroatoms. The lowest BCUT2D eigenvalue weighted by molar-refractivity contribution is 0.628. The molecule has 1 heterocycles. The normalized spacial score (nSPS) is 10.7. The summed E-state index contributed by atoms with van der Waals surface area (Å²) in [5.74, 6) is -0.222. The van der Waals surface area contributed by atoms with Gasteiger partial charge in [0.2, 0.25) is 0 Å². The monoisotopic (exact) mass is 266 g/mol. The fourth-order valence-electron chi connectivity index (χ4n) is 2.31. The largest absolute Gasteiger partial charge is 0.381 e. The van der Waals surface area contributed by atoms with Crippen molar-refractivity contribution in [2.75, 3.05) is 5.32 Å². The first-order chi connectivity index (χ1) is 9.72. The maximum absolute atomic E-state index is 12.9. The molecule has 0 aliphatic rings. The van der Waals surface area contributed by atoms with E-state index >= 15 is 0 Å². The second-order valence-electron chi connectivity index (χ2n) is 4.80. The van der Waals surface area contributed by atoms with Crippen molar-refractivity contribution in [1.29, 1.82) is 0 Å². The van der Waals surface area contributed by atoms with E-state index in [1.807, 2.05) is 25.1 Å². The first kappa shape index (κ1) is 12.6. The zero-order chi connectivity index (χ0) is 13.9. The fourth-order valence-corrected chi connectivity index (χ4v) is 2.31. The molecule has 3 rings (SSSR count). The number of fused-ring (bicyclic) bond motifs is 1. The number of benzene rings is 2. The highest BCUT2D eigenvalue weighted by Crippen LogP contribution is 2.19. The molecule has 0 radical (unpaired) electrons. The van der Waals surface area contributed by atoms with Gasteiger partial charge in [-0.15, -0.1) is 0 Å². The number of halogens is 1. The van der Waals surface area contributed by atoms with Crippen LogP contribution in [0.25, 0.3) is 10.9 Å². The Morgan fingerprint density at radius 1 is 1.05 bits per heavy atom. The summed E-state index contributed by atoms with van der Waals surface area (Å²) < 4.78 is 12.9. The molecule has 0 bridgehead atoms. The van der Waals surface area contributed by atoms with E-state index in [0.29, 0.717) is 6.54 Å². The SMILES string of the molecule is Cc1cc(CNc2ccc(F)cc2)c2ccccc2n1. The van der Waals surface area contributed by atoms with Crippen molar-refractivity contribution >= 4 is 16.6 Å². The number of nitrogens with one attached hydrogen (secondary N) is 1. The highest BCUT2D eigenvalue weighted by Gasteiger charge is 2.03. The predicted molar refractivity (Wildman–Crippen MR) is 80.2 cm³/mol. The van der Waals surface area contributed by atoms with Crippen LogP contribution in [0.5, 0.6) is 0 Å². The molecule has 20 heavy (non-hydrogen) atoms. The average molecular weight is 266 g/mol. The summed E-state index contributed by atoms with van der Waals surface area (Å²) >= 11 is 0. The summed E-state index contributed by atoms with van der Waals surface area (Å²) in [5.41, 5.74) is 4.10. The second kappa shape index (κ2) is 5.29. The van der Waals surface area contributed by atoms with Gasteiger partial charge in [0.1, 0.15) is 5.82 Å². The first-order valence-corrected chi connectivity index (χ1v) is 6.57. The molecule has 100 valence electrons. The van der Waals surface area contributed by atoms with Gasteiger partial charge in [-0.1, -0.05) is 18.2 Å². The molecule has 2 aromatic carbocycles. The van der Waals surface area contributed by atoms with E-state index in [4.69, 9.17) is 0 Å². The van der Waals surface area contributed by atoms with Crippen LogP contribution in [-0.2, 0) is 6.54 Å². The van der Waals surface area contributed by atoms with Crippen LogP contribution < -0.4 is 5.32 Å². The molecular weight excluding hydrogens is 251 g/mol. The van der Waals surface area contributed by atoms with Crippen LogP contribution in [0.2, 0.25) is 0 Å². The molecule has 0 fully saturated rings. The Kier molecular flexibility index (Phi) is 3.33. The Morgan fingerprint density at radius 3 is 2.60 bits per heavy atom. The Morgan fingerprint density at radius 2 is 1.80 bits per heavy atom. The highest BCUT2D eigenvalue weighted by molar-refractivity contribution is 5.82. The Hall–Kier alpha value is -2.42. The van der Waals surface area contributed by atoms with E-state index in [2.05, 4.69) is 22.4 Å². The van der Waals surface area contributed by atoms with Gasteiger partial charge < -0.3 is 5.32 Å². The van der Waals surface area contributed by atoms with Crippen LogP contribution >= 0.6 is 0 Å². The topological polar surface area (TPSA) is 24.9 Å². The van der Waals surface area contributed by atoms with E-state index in [1.165, 1.54) is 17.7 Å². The molecular formula is C17H15FN2. The van der Waals surface area contributed by atoms with Crippen molar-refractivity contribution in [3.8, 4) is 0 Å². The van der Waals surface area contributed by atoms with Gasteiger partial charge in [0.25, 0.3) is 0 Å². The van der Waals surface area contributed by atoms with E-state index in [0.717, 1.165) is 22.3 Å². The van der Waals surface area contributed by atoms with Crippen LogP contribution in [0, 0.1) is 12.7 Å². The van der Waals surface area contributed by atoms with Crippen LogP contribution in [0.4, 0.5) is 10.1 Å². The summed E-state index contributed by atoms with van der Waals surface area (Å²) in [6.45, 7) is 2.68. The maximum atomic E-state index is 12.9. The molecule has 0 unspecified atom stereocenters. The molecule has 0 aliphatic heterocycles. The lowest BCUT2D eigenvalue weighted by atomic mass is 10.1. The molecule has 3 aromatic rings. The lowest BCUT2D eigenvalue weighted by Gasteiger charge is -2.10. The molecule has 0 saturated carbocycles. The van der Waals surface area contributed by atoms with Gasteiger partial charge in [-0.25, -0.2) is 4.39 Å². The summed E-state index contributed by atoms with van der Waals surface area (Å²) in [6, 6.07) is 16.6. The van der Waals surface area contributed by atoms with Gasteiger partial charge in [0.15, 0.2) is 0 Å². The van der Waals surface area contributed by atoms with E-state index in [-0.39, 0.29) is 5.82 Å². The summed E-state index contributed by atoms with van der Waals surface area (Å²) in [7, 11) is 0. The first-order valence-electron chi connectivity index (χ1n) is 6.57. The number of aryl methyl sites for hydroxylation is 1. The number of anilines is 1. The highest BCUT2D eigenvalue weighted by atomic mass is 19.1. The molecule has 2 nitrogen and oxygen atoms in total. The quantitative estimate of drug-likeness (QED) is 0.764. The Balaban J connectivity index is 1.88. The van der Waals surface area contributed by atoms with Crippen LogP contribution in [0.3, 0.4) is 0 Å². The zero-order valence-corrected chi connectivity index (χ0v) is 11.2. The molecule has 0 spiro atoms. The number of hydrogen-bond acceptors (Lipinski definition) is 2. The van der Waals surface area contributed by atoms with Crippen molar-refractivity contribution in [1.82, 2.24) is 4.98 Å². The minimum atomic E-state index is -0.222. The molecule has 1 N–H and O–H groups in total. The number of rotatable bonds is 3. The van der Waals surface area contributed by atoms with Crippen molar-refractivity contribution in [3.63, 3.8) is 0 Å². The van der Waals surface area contributed by atoms with Gasteiger partial charge >= 0.3 is 0 Å². The number of aromatic nitrogens is 1. The summed E-state index contributed by atoms with van der Waals surface area (Å²) in [4.78, 5) is 4.53. The van der Waals surface area contributed by atoms with Gasteiger partial charge in [0.05, 0.1) is 5.52 Å². The van der Waals surface area contributed by atoms with Crippen molar-refractivity contribution in [2.24, 2.45) is 0 Å². The van der Waals surface area contributed by atoms with Crippen molar-refractivity contribution in [2.45, 2.75) is 13.5 Å². The standard InChI is InChI=1S/C17H15FN2/c1-12-10-13(16-4-2-3-5-17(16)20-12)11-19-15-8-6-14(18)7-9-15/h2-10,19H,11H2,1H3. The summed E-state index contributed by atoms with van der Waals surface area (Å²) in [5, 5.41) is 4.46. The fraction of sp³-hybridized carbons (Fsp3) is 0.118.